The minimum Gasteiger partial charge on any atom is -0.354 e. The number of carbonyl (C=O) groups is 1. The van der Waals surface area contributed by atoms with E-state index in [0.29, 0.717) is 18.9 Å². The molecule has 1 amide bonds. The number of hydrogen-bond donors (Lipinski definition) is 2. The van der Waals surface area contributed by atoms with E-state index in [-0.39, 0.29) is 34.9 Å². The average molecular weight is 383 g/mol. The molecular weight excluding hydrogens is 358 g/mol. The number of aromatic amines is 1. The lowest BCUT2D eigenvalue weighted by atomic mass is 9.78. The topological polar surface area (TPSA) is 100 Å². The molecule has 4 rings (SSSR count). The fraction of sp³-hybridized carbons (Fsp3) is 0.500. The molecule has 2 bridgehead atoms. The van der Waals surface area contributed by atoms with Crippen molar-refractivity contribution in [3.8, 4) is 0 Å². The number of nitrogens with zero attached hydrogens (tertiary/aromatic N) is 3. The number of piperidine rings is 1. The normalized spacial score (nSPS) is 23.9. The fourth-order valence-electron chi connectivity index (χ4n) is 4.73. The van der Waals surface area contributed by atoms with Gasteiger partial charge in [-0.15, -0.1) is 0 Å². The number of hydrogen-bond acceptors (Lipinski definition) is 5. The van der Waals surface area contributed by atoms with Crippen molar-refractivity contribution in [2.24, 2.45) is 5.92 Å². The zero-order chi connectivity index (χ0) is 19.8. The molecule has 0 radical (unpaired) electrons. The second-order valence-electron chi connectivity index (χ2n) is 7.87. The maximum Gasteiger partial charge on any atom is 0.251 e. The molecule has 2 N–H and O–H groups in total. The summed E-state index contributed by atoms with van der Waals surface area (Å²) in [6, 6.07) is 6.89. The molecule has 2 aromatic rings. The predicted molar refractivity (Wildman–Crippen MR) is 104 cm³/mol. The Labute approximate surface area is 162 Å². The molecule has 2 aromatic heterocycles. The molecule has 148 valence electrons. The highest BCUT2D eigenvalue weighted by Crippen LogP contribution is 2.41. The minimum absolute atomic E-state index is 0.0112. The van der Waals surface area contributed by atoms with Crippen LogP contribution in [-0.2, 0) is 11.3 Å². The summed E-state index contributed by atoms with van der Waals surface area (Å²) in [6.07, 6.45) is 0.992. The van der Waals surface area contributed by atoms with Gasteiger partial charge in [0, 0.05) is 56.8 Å². The second kappa shape index (κ2) is 7.35. The summed E-state index contributed by atoms with van der Waals surface area (Å²) in [7, 11) is 0. The van der Waals surface area contributed by atoms with Gasteiger partial charge in [0.15, 0.2) is 0 Å². The van der Waals surface area contributed by atoms with Crippen LogP contribution in [-0.4, -0.2) is 45.0 Å². The predicted octanol–water partition coefficient (Wildman–Crippen LogP) is 0.537. The van der Waals surface area contributed by atoms with E-state index in [2.05, 4.69) is 20.2 Å². The molecule has 1 saturated heterocycles. The first-order chi connectivity index (χ1) is 13.4. The number of fused-ring (bicyclic) bond motifs is 4. The van der Waals surface area contributed by atoms with Gasteiger partial charge in [-0.25, -0.2) is 4.98 Å². The highest BCUT2D eigenvalue weighted by molar-refractivity contribution is 5.72. The number of likely N-dealkylation sites (tertiary alicyclic amines) is 1. The number of aryl methyl sites for hydroxylation is 1. The Morgan fingerprint density at radius 3 is 2.89 bits per heavy atom. The van der Waals surface area contributed by atoms with E-state index in [4.69, 9.17) is 0 Å². The van der Waals surface area contributed by atoms with E-state index in [0.717, 1.165) is 30.9 Å². The highest BCUT2D eigenvalue weighted by atomic mass is 16.1. The smallest absolute Gasteiger partial charge is 0.251 e. The monoisotopic (exact) mass is 383 g/mol. The molecule has 0 saturated carbocycles. The molecule has 0 aromatic carbocycles. The van der Waals surface area contributed by atoms with Crippen molar-refractivity contribution in [2.75, 3.05) is 19.6 Å². The van der Waals surface area contributed by atoms with Crippen molar-refractivity contribution in [1.82, 2.24) is 24.8 Å². The van der Waals surface area contributed by atoms with Gasteiger partial charge in [0.2, 0.25) is 5.91 Å². The zero-order valence-electron chi connectivity index (χ0n) is 16.1. The Morgan fingerprint density at radius 2 is 2.14 bits per heavy atom. The lowest BCUT2D eigenvalue weighted by Crippen LogP contribution is -2.51. The number of H-pyrrole nitrogens is 1. The Hall–Kier alpha value is -2.74. The van der Waals surface area contributed by atoms with Crippen LogP contribution in [0.5, 0.6) is 0 Å². The second-order valence-corrected chi connectivity index (χ2v) is 7.87. The van der Waals surface area contributed by atoms with E-state index < -0.39 is 0 Å². The molecule has 0 aliphatic carbocycles. The van der Waals surface area contributed by atoms with Crippen molar-refractivity contribution in [3.63, 3.8) is 0 Å². The Bertz CT molecular complexity index is 1010. The summed E-state index contributed by atoms with van der Waals surface area (Å²) in [6.45, 7) is 5.94. The molecule has 28 heavy (non-hydrogen) atoms. The van der Waals surface area contributed by atoms with E-state index in [1.165, 1.54) is 6.92 Å². The number of amides is 1. The molecule has 4 heterocycles. The van der Waals surface area contributed by atoms with Crippen LogP contribution in [0.2, 0.25) is 0 Å². The van der Waals surface area contributed by atoms with Gasteiger partial charge >= 0.3 is 0 Å². The molecule has 3 atom stereocenters. The van der Waals surface area contributed by atoms with Gasteiger partial charge in [0.05, 0.1) is 11.7 Å². The third-order valence-corrected chi connectivity index (χ3v) is 5.73. The van der Waals surface area contributed by atoms with Crippen LogP contribution >= 0.6 is 0 Å². The van der Waals surface area contributed by atoms with Crippen LogP contribution in [0.3, 0.4) is 0 Å². The summed E-state index contributed by atoms with van der Waals surface area (Å²) in [4.78, 5) is 45.3. The molecule has 0 spiro atoms. The van der Waals surface area contributed by atoms with Crippen molar-refractivity contribution >= 4 is 5.91 Å². The Morgan fingerprint density at radius 1 is 1.32 bits per heavy atom. The summed E-state index contributed by atoms with van der Waals surface area (Å²) in [5.74, 6) is 1.02. The number of aromatic nitrogens is 3. The first kappa shape index (κ1) is 18.6. The van der Waals surface area contributed by atoms with Crippen molar-refractivity contribution < 1.29 is 4.79 Å². The minimum atomic E-state index is -0.139. The lowest BCUT2D eigenvalue weighted by molar-refractivity contribution is -0.119. The SMILES string of the molecule is CC(=O)NC[C@H]1[C@H]2C[C@H](CN(Cc3cc(=O)[nH]c(C)n3)C2)c2cccc(=O)n21. The van der Waals surface area contributed by atoms with Crippen molar-refractivity contribution in [1.29, 1.82) is 0 Å². The Balaban J connectivity index is 1.63. The molecule has 8 nitrogen and oxygen atoms in total. The largest absolute Gasteiger partial charge is 0.354 e. The van der Waals surface area contributed by atoms with Crippen LogP contribution in [0.1, 0.15) is 42.5 Å². The van der Waals surface area contributed by atoms with E-state index >= 15 is 0 Å². The fourth-order valence-corrected chi connectivity index (χ4v) is 4.73. The maximum atomic E-state index is 12.6. The van der Waals surface area contributed by atoms with Crippen LogP contribution in [0.4, 0.5) is 0 Å². The van der Waals surface area contributed by atoms with Gasteiger partial charge < -0.3 is 14.9 Å². The molecule has 0 unspecified atom stereocenters. The van der Waals surface area contributed by atoms with Crippen LogP contribution in [0.15, 0.2) is 33.9 Å². The average Bonchev–Trinajstić information content (AvgIpc) is 2.61. The van der Waals surface area contributed by atoms with E-state index in [1.54, 1.807) is 19.1 Å². The van der Waals surface area contributed by atoms with Gasteiger partial charge in [-0.2, -0.15) is 0 Å². The molecular formula is C20H25N5O3. The molecule has 1 fully saturated rings. The molecule has 2 aliphatic heterocycles. The summed E-state index contributed by atoms with van der Waals surface area (Å²) in [5, 5.41) is 2.89. The first-order valence-electron chi connectivity index (χ1n) is 9.66. The molecule has 8 heteroatoms. The standard InChI is InChI=1S/C20H25N5O3/c1-12-22-16(7-19(27)23-12)11-24-9-14-6-15(10-24)18(8-21-13(2)26)25-17(14)4-3-5-20(25)28/h3-5,7,14-15,18H,6,8-11H2,1-2H3,(H,21,26)(H,22,23,27)/t14-,15+,18+/m1/s1. The van der Waals surface area contributed by atoms with Crippen LogP contribution in [0.25, 0.3) is 0 Å². The summed E-state index contributed by atoms with van der Waals surface area (Å²) in [5.41, 5.74) is 1.63. The first-order valence-corrected chi connectivity index (χ1v) is 9.66. The zero-order valence-corrected chi connectivity index (χ0v) is 16.1. The van der Waals surface area contributed by atoms with Gasteiger partial charge in [-0.1, -0.05) is 6.07 Å². The number of pyridine rings is 1. The Kier molecular flexibility index (Phi) is 4.89. The van der Waals surface area contributed by atoms with Gasteiger partial charge in [0.1, 0.15) is 5.82 Å². The highest BCUT2D eigenvalue weighted by Gasteiger charge is 2.40. The van der Waals surface area contributed by atoms with Crippen LogP contribution < -0.4 is 16.4 Å². The van der Waals surface area contributed by atoms with Gasteiger partial charge in [-0.3, -0.25) is 19.3 Å². The third kappa shape index (κ3) is 3.64. The summed E-state index contributed by atoms with van der Waals surface area (Å²) < 4.78 is 1.88. The van der Waals surface area contributed by atoms with Gasteiger partial charge in [-0.05, 0) is 25.3 Å². The third-order valence-electron chi connectivity index (χ3n) is 5.73. The number of rotatable bonds is 4. The number of nitrogens with one attached hydrogen (secondary N) is 2. The van der Waals surface area contributed by atoms with Crippen molar-refractivity contribution in [2.45, 2.75) is 38.8 Å². The molecule has 2 aliphatic rings. The van der Waals surface area contributed by atoms with Crippen LogP contribution in [0, 0.1) is 12.8 Å². The number of carbonyl (C=O) groups excluding carboxylic acids is 1. The maximum absolute atomic E-state index is 12.6. The van der Waals surface area contributed by atoms with E-state index in [9.17, 15) is 14.4 Å². The van der Waals surface area contributed by atoms with Gasteiger partial charge in [0.25, 0.3) is 11.1 Å². The lowest BCUT2D eigenvalue weighted by Gasteiger charge is -2.47. The summed E-state index contributed by atoms with van der Waals surface area (Å²) >= 11 is 0. The van der Waals surface area contributed by atoms with E-state index in [1.807, 2.05) is 16.7 Å². The quantitative estimate of drug-likeness (QED) is 0.803. The van der Waals surface area contributed by atoms with Crippen molar-refractivity contribution in [3.05, 3.63) is 62.2 Å².